The minimum Gasteiger partial charge on any atom is -0.463 e. The second-order valence-corrected chi connectivity index (χ2v) is 6.15. The van der Waals surface area contributed by atoms with E-state index in [1.165, 1.54) is 11.3 Å². The number of hydrogen-bond acceptors (Lipinski definition) is 5. The van der Waals surface area contributed by atoms with Gasteiger partial charge < -0.3 is 9.47 Å². The Hall–Kier alpha value is -1.62. The van der Waals surface area contributed by atoms with E-state index in [1.807, 2.05) is 17.5 Å². The van der Waals surface area contributed by atoms with Gasteiger partial charge in [-0.15, -0.1) is 11.3 Å². The Bertz CT molecular complexity index is 480. The molecular formula is C15H20O4S. The summed E-state index contributed by atoms with van der Waals surface area (Å²) in [6.45, 7) is 7.37. The number of carbonyl (C=O) groups is 2. The first kappa shape index (κ1) is 16.4. The molecule has 0 spiro atoms. The summed E-state index contributed by atoms with van der Waals surface area (Å²) < 4.78 is 10.2. The Morgan fingerprint density at radius 2 is 2.05 bits per heavy atom. The lowest BCUT2D eigenvalue weighted by molar-refractivity contribution is -0.155. The molecule has 0 aliphatic rings. The van der Waals surface area contributed by atoms with Gasteiger partial charge in [-0.1, -0.05) is 6.07 Å². The summed E-state index contributed by atoms with van der Waals surface area (Å²) in [4.78, 5) is 24.6. The molecule has 1 heterocycles. The monoisotopic (exact) mass is 296 g/mol. The molecule has 5 heteroatoms. The molecular weight excluding hydrogens is 276 g/mol. The Kier molecular flexibility index (Phi) is 5.95. The standard InChI is InChI=1S/C15H20O4S/c1-5-18-14(17)11(9-12-7-6-8-20-12)10-13(16)19-15(2,3)4/h6-9H,5,10H2,1-4H3/b11-9+. The van der Waals surface area contributed by atoms with Crippen LogP contribution >= 0.6 is 11.3 Å². The Balaban J connectivity index is 2.84. The van der Waals surface area contributed by atoms with Crippen molar-refractivity contribution in [1.82, 2.24) is 0 Å². The molecule has 0 saturated carbocycles. The highest BCUT2D eigenvalue weighted by Gasteiger charge is 2.21. The molecule has 110 valence electrons. The number of ether oxygens (including phenoxy) is 2. The Morgan fingerprint density at radius 1 is 1.35 bits per heavy atom. The van der Waals surface area contributed by atoms with Gasteiger partial charge in [-0.25, -0.2) is 4.79 Å². The van der Waals surface area contributed by atoms with Gasteiger partial charge in [-0.3, -0.25) is 4.79 Å². The quantitative estimate of drug-likeness (QED) is 0.617. The van der Waals surface area contributed by atoms with Crippen LogP contribution in [0, 0.1) is 0 Å². The van der Waals surface area contributed by atoms with Crippen LogP contribution in [-0.2, 0) is 19.1 Å². The van der Waals surface area contributed by atoms with E-state index in [0.717, 1.165) is 4.88 Å². The van der Waals surface area contributed by atoms with Gasteiger partial charge in [-0.05, 0) is 45.2 Å². The summed E-state index contributed by atoms with van der Waals surface area (Å²) in [6, 6.07) is 3.76. The normalized spacial score (nSPS) is 12.1. The smallest absolute Gasteiger partial charge is 0.334 e. The van der Waals surface area contributed by atoms with Crippen molar-refractivity contribution in [3.8, 4) is 0 Å². The third-order valence-corrected chi connectivity index (χ3v) is 2.97. The van der Waals surface area contributed by atoms with Gasteiger partial charge in [0.25, 0.3) is 0 Å². The minimum absolute atomic E-state index is 0.0893. The molecule has 0 aromatic carbocycles. The highest BCUT2D eigenvalue weighted by molar-refractivity contribution is 7.10. The molecule has 0 fully saturated rings. The molecule has 1 rings (SSSR count). The number of esters is 2. The van der Waals surface area contributed by atoms with Gasteiger partial charge in [0.1, 0.15) is 5.60 Å². The van der Waals surface area contributed by atoms with Crippen LogP contribution in [0.15, 0.2) is 23.1 Å². The number of rotatable bonds is 5. The lowest BCUT2D eigenvalue weighted by Gasteiger charge is -2.19. The van der Waals surface area contributed by atoms with E-state index in [0.29, 0.717) is 5.57 Å². The number of carbonyl (C=O) groups excluding carboxylic acids is 2. The van der Waals surface area contributed by atoms with Gasteiger partial charge >= 0.3 is 11.9 Å². The third kappa shape index (κ3) is 6.02. The zero-order valence-corrected chi connectivity index (χ0v) is 13.1. The first-order valence-corrected chi connectivity index (χ1v) is 7.33. The van der Waals surface area contributed by atoms with Gasteiger partial charge in [0.05, 0.1) is 13.0 Å². The molecule has 0 aliphatic heterocycles. The predicted octanol–water partition coefficient (Wildman–Crippen LogP) is 3.43. The second kappa shape index (κ2) is 7.24. The summed E-state index contributed by atoms with van der Waals surface area (Å²) in [5, 5.41) is 1.90. The molecule has 0 atom stereocenters. The average molecular weight is 296 g/mol. The van der Waals surface area contributed by atoms with Crippen LogP contribution < -0.4 is 0 Å². The van der Waals surface area contributed by atoms with Crippen LogP contribution in [0.2, 0.25) is 0 Å². The topological polar surface area (TPSA) is 52.6 Å². The van der Waals surface area contributed by atoms with Gasteiger partial charge in [-0.2, -0.15) is 0 Å². The van der Waals surface area contributed by atoms with Crippen LogP contribution in [0.4, 0.5) is 0 Å². The molecule has 0 N–H and O–H groups in total. The van der Waals surface area contributed by atoms with Crippen LogP contribution in [0.1, 0.15) is 39.0 Å². The van der Waals surface area contributed by atoms with E-state index in [2.05, 4.69) is 0 Å². The van der Waals surface area contributed by atoms with Gasteiger partial charge in [0, 0.05) is 10.5 Å². The van der Waals surface area contributed by atoms with Crippen molar-refractivity contribution in [2.24, 2.45) is 0 Å². The molecule has 4 nitrogen and oxygen atoms in total. The third-order valence-electron chi connectivity index (χ3n) is 2.15. The van der Waals surface area contributed by atoms with E-state index in [9.17, 15) is 9.59 Å². The second-order valence-electron chi connectivity index (χ2n) is 5.17. The lowest BCUT2D eigenvalue weighted by Crippen LogP contribution is -2.25. The van der Waals surface area contributed by atoms with Crippen molar-refractivity contribution in [1.29, 1.82) is 0 Å². The lowest BCUT2D eigenvalue weighted by atomic mass is 10.1. The highest BCUT2D eigenvalue weighted by Crippen LogP contribution is 2.18. The summed E-state index contributed by atoms with van der Waals surface area (Å²) in [6.07, 6.45) is 1.58. The summed E-state index contributed by atoms with van der Waals surface area (Å²) in [7, 11) is 0. The first-order chi connectivity index (χ1) is 9.31. The van der Waals surface area contributed by atoms with Crippen molar-refractivity contribution in [2.75, 3.05) is 6.61 Å². The molecule has 0 unspecified atom stereocenters. The molecule has 0 saturated heterocycles. The fraction of sp³-hybridized carbons (Fsp3) is 0.467. The fourth-order valence-electron chi connectivity index (χ4n) is 1.48. The van der Waals surface area contributed by atoms with Crippen LogP contribution in [0.5, 0.6) is 0 Å². The summed E-state index contributed by atoms with van der Waals surface area (Å²) in [5.41, 5.74) is -0.261. The Morgan fingerprint density at radius 3 is 2.55 bits per heavy atom. The van der Waals surface area contributed by atoms with Crippen LogP contribution in [0.3, 0.4) is 0 Å². The summed E-state index contributed by atoms with van der Waals surface area (Å²) in [5.74, 6) is -0.917. The molecule has 1 aromatic rings. The predicted molar refractivity (Wildman–Crippen MR) is 79.4 cm³/mol. The fourth-order valence-corrected chi connectivity index (χ4v) is 2.17. The van der Waals surface area contributed by atoms with E-state index < -0.39 is 17.5 Å². The van der Waals surface area contributed by atoms with Crippen LogP contribution in [-0.4, -0.2) is 24.1 Å². The van der Waals surface area contributed by atoms with Gasteiger partial charge in [0.15, 0.2) is 0 Å². The molecule has 1 aromatic heterocycles. The van der Waals surface area contributed by atoms with E-state index in [1.54, 1.807) is 33.8 Å². The van der Waals surface area contributed by atoms with Crippen molar-refractivity contribution >= 4 is 29.4 Å². The number of hydrogen-bond donors (Lipinski definition) is 0. The zero-order chi connectivity index (χ0) is 15.2. The maximum absolute atomic E-state index is 11.9. The largest absolute Gasteiger partial charge is 0.463 e. The van der Waals surface area contributed by atoms with E-state index >= 15 is 0 Å². The molecule has 0 radical (unpaired) electrons. The highest BCUT2D eigenvalue weighted by atomic mass is 32.1. The van der Waals surface area contributed by atoms with Crippen molar-refractivity contribution in [3.05, 3.63) is 28.0 Å². The maximum atomic E-state index is 11.9. The van der Waals surface area contributed by atoms with E-state index in [-0.39, 0.29) is 13.0 Å². The first-order valence-electron chi connectivity index (χ1n) is 6.45. The van der Waals surface area contributed by atoms with Crippen LogP contribution in [0.25, 0.3) is 6.08 Å². The molecule has 20 heavy (non-hydrogen) atoms. The molecule has 0 aliphatic carbocycles. The zero-order valence-electron chi connectivity index (χ0n) is 12.3. The summed E-state index contributed by atoms with van der Waals surface area (Å²) >= 11 is 1.49. The van der Waals surface area contributed by atoms with Crippen molar-refractivity contribution in [3.63, 3.8) is 0 Å². The SMILES string of the molecule is CCOC(=O)/C(=C/c1cccs1)CC(=O)OC(C)(C)C. The molecule has 0 bridgehead atoms. The van der Waals surface area contributed by atoms with Crippen molar-refractivity contribution in [2.45, 2.75) is 39.7 Å². The Labute approximate surface area is 123 Å². The number of thiophene rings is 1. The van der Waals surface area contributed by atoms with E-state index in [4.69, 9.17) is 9.47 Å². The van der Waals surface area contributed by atoms with Gasteiger partial charge in [0.2, 0.25) is 0 Å². The molecule has 0 amide bonds. The average Bonchev–Trinajstić information content (AvgIpc) is 2.78. The minimum atomic E-state index is -0.570. The maximum Gasteiger partial charge on any atom is 0.334 e. The van der Waals surface area contributed by atoms with Crippen molar-refractivity contribution < 1.29 is 19.1 Å².